The maximum atomic E-state index is 11.8. The molecule has 0 spiro atoms. The number of nitrogens with zero attached hydrogens (tertiary/aromatic N) is 5. The first kappa shape index (κ1) is 19.7. The summed E-state index contributed by atoms with van der Waals surface area (Å²) in [7, 11) is 0. The molecule has 0 unspecified atom stereocenters. The minimum Gasteiger partial charge on any atom is -0.222 e. The highest BCUT2D eigenvalue weighted by molar-refractivity contribution is 6.30. The summed E-state index contributed by atoms with van der Waals surface area (Å²) in [5, 5.41) is 9.58. The summed E-state index contributed by atoms with van der Waals surface area (Å²) in [6.07, 6.45) is 9.91. The molecule has 4 aromatic rings. The Morgan fingerprint density at radius 1 is 1.03 bits per heavy atom. The third-order valence-corrected chi connectivity index (χ3v) is 6.24. The number of benzene rings is 2. The maximum Gasteiger partial charge on any atom is 0.165 e. The fraction of sp³-hybridized carbons (Fsp3) is 0.250. The van der Waals surface area contributed by atoms with Gasteiger partial charge in [0.15, 0.2) is 11.5 Å². The standard InChI is InChI=1S/C24H22ClN5O/c25-20-8-4-7-19(15-20)22-16-26-29-14-13-23(27-24(22)29)30(28-31)21-11-9-18(10-12-21)17-5-2-1-3-6-17/h4,7-17H,1-3,5-6H2. The van der Waals surface area contributed by atoms with Gasteiger partial charge in [0.25, 0.3) is 0 Å². The molecule has 7 heteroatoms. The molecule has 0 bridgehead atoms. The Labute approximate surface area is 185 Å². The Kier molecular flexibility index (Phi) is 5.38. The number of fused-ring (bicyclic) bond motifs is 1. The minimum absolute atomic E-state index is 0.441. The summed E-state index contributed by atoms with van der Waals surface area (Å²) in [6, 6.07) is 17.4. The molecule has 2 aromatic heterocycles. The molecule has 156 valence electrons. The van der Waals surface area contributed by atoms with E-state index >= 15 is 0 Å². The van der Waals surface area contributed by atoms with Gasteiger partial charge in [-0.2, -0.15) is 10.1 Å². The molecule has 1 aliphatic rings. The van der Waals surface area contributed by atoms with Gasteiger partial charge in [0.2, 0.25) is 0 Å². The highest BCUT2D eigenvalue weighted by Gasteiger charge is 2.18. The Morgan fingerprint density at radius 3 is 2.58 bits per heavy atom. The van der Waals surface area contributed by atoms with E-state index in [0.29, 0.717) is 28.1 Å². The maximum absolute atomic E-state index is 11.8. The van der Waals surface area contributed by atoms with Gasteiger partial charge in [0.1, 0.15) is 0 Å². The van der Waals surface area contributed by atoms with Gasteiger partial charge in [-0.3, -0.25) is 0 Å². The molecule has 1 aliphatic carbocycles. The molecule has 0 N–H and O–H groups in total. The van der Waals surface area contributed by atoms with E-state index in [2.05, 4.69) is 22.5 Å². The molecule has 6 nitrogen and oxygen atoms in total. The first-order valence-corrected chi connectivity index (χ1v) is 10.9. The van der Waals surface area contributed by atoms with E-state index in [4.69, 9.17) is 16.6 Å². The third kappa shape index (κ3) is 3.91. The summed E-state index contributed by atoms with van der Waals surface area (Å²) in [4.78, 5) is 16.5. The van der Waals surface area contributed by atoms with Gasteiger partial charge in [0, 0.05) is 22.8 Å². The summed E-state index contributed by atoms with van der Waals surface area (Å²) in [5.41, 5.74) is 4.40. The van der Waals surface area contributed by atoms with Crippen molar-refractivity contribution in [3.05, 3.63) is 82.5 Å². The molecule has 0 atom stereocenters. The second-order valence-electron chi connectivity index (χ2n) is 7.94. The molecule has 1 saturated carbocycles. The number of hydrogen-bond acceptors (Lipinski definition) is 4. The average molecular weight is 432 g/mol. The lowest BCUT2D eigenvalue weighted by Gasteiger charge is -2.22. The predicted octanol–water partition coefficient (Wildman–Crippen LogP) is 6.92. The van der Waals surface area contributed by atoms with Crippen molar-refractivity contribution in [2.24, 2.45) is 5.29 Å². The summed E-state index contributed by atoms with van der Waals surface area (Å²) >= 11 is 6.15. The van der Waals surface area contributed by atoms with Crippen LogP contribution in [0.2, 0.25) is 5.02 Å². The molecule has 31 heavy (non-hydrogen) atoms. The number of nitroso groups, excluding NO2 is 1. The van der Waals surface area contributed by atoms with Crippen LogP contribution in [0.1, 0.15) is 43.6 Å². The van der Waals surface area contributed by atoms with E-state index in [1.807, 2.05) is 36.4 Å². The zero-order valence-corrected chi connectivity index (χ0v) is 17.7. The van der Waals surface area contributed by atoms with Gasteiger partial charge in [-0.1, -0.05) is 55.1 Å². The minimum atomic E-state index is 0.441. The fourth-order valence-electron chi connectivity index (χ4n) is 4.38. The lowest BCUT2D eigenvalue weighted by atomic mass is 9.84. The summed E-state index contributed by atoms with van der Waals surface area (Å²) < 4.78 is 1.68. The van der Waals surface area contributed by atoms with Crippen LogP contribution in [0.5, 0.6) is 0 Å². The Balaban J connectivity index is 1.48. The topological polar surface area (TPSA) is 62.9 Å². The van der Waals surface area contributed by atoms with Crippen molar-refractivity contribution in [3.63, 3.8) is 0 Å². The van der Waals surface area contributed by atoms with Gasteiger partial charge in [0.05, 0.1) is 17.2 Å². The van der Waals surface area contributed by atoms with Crippen LogP contribution in [0.15, 0.2) is 72.3 Å². The molecule has 2 heterocycles. The van der Waals surface area contributed by atoms with Crippen molar-refractivity contribution in [2.45, 2.75) is 38.0 Å². The van der Waals surface area contributed by atoms with Crippen LogP contribution in [-0.4, -0.2) is 14.6 Å². The van der Waals surface area contributed by atoms with Crippen molar-refractivity contribution < 1.29 is 0 Å². The molecular weight excluding hydrogens is 410 g/mol. The van der Waals surface area contributed by atoms with E-state index in [1.165, 1.54) is 42.7 Å². The van der Waals surface area contributed by atoms with Gasteiger partial charge in [-0.25, -0.2) is 9.50 Å². The van der Waals surface area contributed by atoms with E-state index in [-0.39, 0.29) is 0 Å². The lowest BCUT2D eigenvalue weighted by Crippen LogP contribution is -2.11. The molecule has 5 rings (SSSR count). The monoisotopic (exact) mass is 431 g/mol. The molecule has 0 saturated heterocycles. The highest BCUT2D eigenvalue weighted by Crippen LogP contribution is 2.34. The SMILES string of the molecule is O=NN(c1ccc(C2CCCCC2)cc1)c1ccn2ncc(-c3cccc(Cl)c3)c2n1. The Morgan fingerprint density at radius 2 is 1.84 bits per heavy atom. The van der Waals surface area contributed by atoms with Crippen LogP contribution in [0.3, 0.4) is 0 Å². The molecular formula is C24H22ClN5O. The van der Waals surface area contributed by atoms with Crippen LogP contribution in [-0.2, 0) is 0 Å². The van der Waals surface area contributed by atoms with E-state index in [1.54, 1.807) is 23.0 Å². The van der Waals surface area contributed by atoms with Gasteiger partial charge < -0.3 is 0 Å². The fourth-order valence-corrected chi connectivity index (χ4v) is 4.57. The second kappa shape index (κ2) is 8.47. The molecule has 0 radical (unpaired) electrons. The normalized spacial score (nSPS) is 14.6. The van der Waals surface area contributed by atoms with Crippen molar-refractivity contribution in [1.82, 2.24) is 14.6 Å². The zero-order chi connectivity index (χ0) is 21.2. The largest absolute Gasteiger partial charge is 0.222 e. The van der Waals surface area contributed by atoms with Crippen molar-refractivity contribution in [1.29, 1.82) is 0 Å². The highest BCUT2D eigenvalue weighted by atomic mass is 35.5. The number of halogens is 1. The van der Waals surface area contributed by atoms with Crippen molar-refractivity contribution >= 4 is 28.8 Å². The van der Waals surface area contributed by atoms with Gasteiger partial charge in [-0.15, -0.1) is 4.91 Å². The number of aromatic nitrogens is 3. The third-order valence-electron chi connectivity index (χ3n) is 6.00. The zero-order valence-electron chi connectivity index (χ0n) is 17.0. The van der Waals surface area contributed by atoms with Crippen LogP contribution in [0.25, 0.3) is 16.8 Å². The summed E-state index contributed by atoms with van der Waals surface area (Å²) in [5.74, 6) is 1.05. The molecule has 2 aromatic carbocycles. The molecule has 0 amide bonds. The van der Waals surface area contributed by atoms with E-state index in [9.17, 15) is 4.91 Å². The lowest BCUT2D eigenvalue weighted by molar-refractivity contribution is 0.443. The first-order chi connectivity index (χ1) is 15.2. The van der Waals surface area contributed by atoms with E-state index in [0.717, 1.165) is 11.1 Å². The van der Waals surface area contributed by atoms with Gasteiger partial charge >= 0.3 is 0 Å². The predicted molar refractivity (Wildman–Crippen MR) is 124 cm³/mol. The quantitative estimate of drug-likeness (QED) is 0.254. The van der Waals surface area contributed by atoms with Crippen molar-refractivity contribution in [3.8, 4) is 11.1 Å². The van der Waals surface area contributed by atoms with Crippen LogP contribution < -0.4 is 5.01 Å². The first-order valence-electron chi connectivity index (χ1n) is 10.6. The van der Waals surface area contributed by atoms with Crippen LogP contribution in [0, 0.1) is 4.91 Å². The molecule has 0 aliphatic heterocycles. The second-order valence-corrected chi connectivity index (χ2v) is 8.38. The van der Waals surface area contributed by atoms with E-state index < -0.39 is 0 Å². The molecule has 1 fully saturated rings. The van der Waals surface area contributed by atoms with Crippen LogP contribution >= 0.6 is 11.6 Å². The Bertz CT molecular complexity index is 1210. The Hall–Kier alpha value is -3.25. The van der Waals surface area contributed by atoms with Crippen molar-refractivity contribution in [2.75, 3.05) is 5.01 Å². The van der Waals surface area contributed by atoms with Crippen LogP contribution in [0.4, 0.5) is 11.5 Å². The summed E-state index contributed by atoms with van der Waals surface area (Å²) in [6.45, 7) is 0. The average Bonchev–Trinajstić information content (AvgIpc) is 3.24. The number of hydrogen-bond donors (Lipinski definition) is 0. The smallest absolute Gasteiger partial charge is 0.165 e. The number of rotatable bonds is 5. The van der Waals surface area contributed by atoms with Gasteiger partial charge in [-0.05, 0) is 54.2 Å². The number of anilines is 2.